The van der Waals surface area contributed by atoms with Crippen LogP contribution in [0.3, 0.4) is 0 Å². The molecule has 5 heteroatoms. The van der Waals surface area contributed by atoms with Gasteiger partial charge in [0.05, 0.1) is 25.9 Å². The van der Waals surface area contributed by atoms with Gasteiger partial charge in [0.1, 0.15) is 5.76 Å². The number of hydrogen-bond donors (Lipinski definition) is 0. The quantitative estimate of drug-likeness (QED) is 0.322. The van der Waals surface area contributed by atoms with Gasteiger partial charge in [-0.1, -0.05) is 47.0 Å². The van der Waals surface area contributed by atoms with Crippen molar-refractivity contribution in [3.8, 4) is 0 Å². The molecule has 0 saturated carbocycles. The normalized spacial score (nSPS) is 23.9. The predicted octanol–water partition coefficient (Wildman–Crippen LogP) is 8.05. The molecular weight excluding hydrogens is 398 g/mol. The van der Waals surface area contributed by atoms with E-state index in [1.165, 1.54) is 39.2 Å². The Bertz CT molecular complexity index is 551. The summed E-state index contributed by atoms with van der Waals surface area (Å²) in [6.45, 7) is 12.0. The number of rotatable bonds is 11. The van der Waals surface area contributed by atoms with Gasteiger partial charge in [0.15, 0.2) is 11.7 Å². The molecule has 0 aromatic heterocycles. The van der Waals surface area contributed by atoms with Crippen LogP contribution in [0.5, 0.6) is 0 Å². The zero-order valence-corrected chi connectivity index (χ0v) is 20.8. The largest absolute Gasteiger partial charge is 0.498 e. The van der Waals surface area contributed by atoms with Gasteiger partial charge in [0, 0.05) is 13.0 Å². The zero-order chi connectivity index (χ0) is 23.2. The lowest BCUT2D eigenvalue weighted by atomic mass is 9.88. The van der Waals surface area contributed by atoms with Crippen LogP contribution in [0, 0.1) is 11.8 Å². The van der Waals surface area contributed by atoms with Crippen molar-refractivity contribution in [2.45, 2.75) is 111 Å². The average Bonchev–Trinajstić information content (AvgIpc) is 2.77. The molecule has 4 unspecified atom stereocenters. The Morgan fingerprint density at radius 3 is 2.32 bits per heavy atom. The highest BCUT2D eigenvalue weighted by Gasteiger charge is 2.27. The monoisotopic (exact) mass is 444 g/mol. The Labute approximate surface area is 189 Å². The summed E-state index contributed by atoms with van der Waals surface area (Å²) in [7, 11) is 1.39. The minimum absolute atomic E-state index is 0.000426. The molecule has 1 saturated heterocycles. The molecule has 1 aliphatic carbocycles. The van der Waals surface area contributed by atoms with Crippen LogP contribution in [-0.2, 0) is 14.2 Å². The third-order valence-corrected chi connectivity index (χ3v) is 6.19. The van der Waals surface area contributed by atoms with Crippen LogP contribution in [0.25, 0.3) is 0 Å². The smallest absolute Gasteiger partial charge is 0.196 e. The van der Waals surface area contributed by atoms with E-state index in [2.05, 4.69) is 27.7 Å². The first-order chi connectivity index (χ1) is 14.9. The summed E-state index contributed by atoms with van der Waals surface area (Å²) in [5.74, 6) is -0.722. The van der Waals surface area contributed by atoms with E-state index in [1.807, 2.05) is 6.92 Å². The van der Waals surface area contributed by atoms with Gasteiger partial charge in [0.25, 0.3) is 0 Å². The summed E-state index contributed by atoms with van der Waals surface area (Å²) in [4.78, 5) is 0. The molecule has 0 amide bonds. The van der Waals surface area contributed by atoms with E-state index in [9.17, 15) is 8.78 Å². The second kappa shape index (κ2) is 15.8. The Hall–Kier alpha value is -0.940. The molecule has 0 aromatic carbocycles. The zero-order valence-electron chi connectivity index (χ0n) is 20.8. The van der Waals surface area contributed by atoms with Crippen molar-refractivity contribution in [1.29, 1.82) is 0 Å². The number of ether oxygens (including phenoxy) is 3. The number of allylic oxidation sites excluding steroid dienone is 4. The van der Waals surface area contributed by atoms with Crippen molar-refractivity contribution in [2.24, 2.45) is 11.8 Å². The molecule has 1 aliphatic heterocycles. The third kappa shape index (κ3) is 10.0. The van der Waals surface area contributed by atoms with Gasteiger partial charge in [-0.15, -0.1) is 0 Å². The molecule has 4 atom stereocenters. The molecule has 0 spiro atoms. The first kappa shape index (κ1) is 28.1. The second-order valence-corrected chi connectivity index (χ2v) is 9.15. The highest BCUT2D eigenvalue weighted by atomic mass is 19.2. The maximum absolute atomic E-state index is 14.3. The lowest BCUT2D eigenvalue weighted by Crippen LogP contribution is -2.31. The van der Waals surface area contributed by atoms with Crippen LogP contribution in [-0.4, -0.2) is 32.5 Å². The summed E-state index contributed by atoms with van der Waals surface area (Å²) < 4.78 is 45.1. The SMILES string of the molecule is CCC.CCCCC1CCC(COC(C)CCC(C)C2=C(F)C(F)=C(OC)CC2)OC1. The molecule has 3 nitrogen and oxygen atoms in total. The van der Waals surface area contributed by atoms with Crippen molar-refractivity contribution in [3.05, 3.63) is 23.0 Å². The van der Waals surface area contributed by atoms with Crippen molar-refractivity contribution >= 4 is 0 Å². The Morgan fingerprint density at radius 2 is 1.74 bits per heavy atom. The number of methoxy groups -OCH3 is 1. The number of unbranched alkanes of at least 4 members (excludes halogenated alkanes) is 1. The first-order valence-electron chi connectivity index (χ1n) is 12.4. The maximum atomic E-state index is 14.3. The summed E-state index contributed by atoms with van der Waals surface area (Å²) in [5, 5.41) is 0. The highest BCUT2D eigenvalue weighted by Crippen LogP contribution is 2.37. The van der Waals surface area contributed by atoms with Crippen molar-refractivity contribution < 1.29 is 23.0 Å². The van der Waals surface area contributed by atoms with Crippen molar-refractivity contribution in [2.75, 3.05) is 20.3 Å². The molecule has 1 heterocycles. The fourth-order valence-electron chi connectivity index (χ4n) is 4.11. The molecule has 1 fully saturated rings. The van der Waals surface area contributed by atoms with Gasteiger partial charge in [-0.25, -0.2) is 8.78 Å². The van der Waals surface area contributed by atoms with E-state index >= 15 is 0 Å². The Morgan fingerprint density at radius 1 is 1.03 bits per heavy atom. The number of hydrogen-bond acceptors (Lipinski definition) is 3. The van der Waals surface area contributed by atoms with E-state index in [4.69, 9.17) is 14.2 Å². The molecule has 2 rings (SSSR count). The van der Waals surface area contributed by atoms with Gasteiger partial charge in [-0.3, -0.25) is 0 Å². The summed E-state index contributed by atoms with van der Waals surface area (Å²) >= 11 is 0. The minimum atomic E-state index is -0.827. The fourth-order valence-corrected chi connectivity index (χ4v) is 4.11. The van der Waals surface area contributed by atoms with Gasteiger partial charge >= 0.3 is 0 Å². The van der Waals surface area contributed by atoms with Crippen LogP contribution < -0.4 is 0 Å². The van der Waals surface area contributed by atoms with E-state index in [0.717, 1.165) is 25.9 Å². The van der Waals surface area contributed by atoms with Crippen LogP contribution in [0.15, 0.2) is 23.0 Å². The minimum Gasteiger partial charge on any atom is -0.498 e. The third-order valence-electron chi connectivity index (χ3n) is 6.19. The fraction of sp³-hybridized carbons (Fsp3) is 0.846. The van der Waals surface area contributed by atoms with Crippen LogP contribution in [0.4, 0.5) is 8.78 Å². The van der Waals surface area contributed by atoms with E-state index in [-0.39, 0.29) is 23.9 Å². The summed E-state index contributed by atoms with van der Waals surface area (Å²) in [6.07, 6.45) is 10.2. The van der Waals surface area contributed by atoms with E-state index in [0.29, 0.717) is 30.9 Å². The number of halogens is 2. The lowest BCUT2D eigenvalue weighted by Gasteiger charge is -2.30. The molecule has 0 radical (unpaired) electrons. The van der Waals surface area contributed by atoms with Gasteiger partial charge in [-0.05, 0) is 62.9 Å². The Kier molecular flexibility index (Phi) is 14.3. The van der Waals surface area contributed by atoms with Crippen LogP contribution >= 0.6 is 0 Å². The second-order valence-electron chi connectivity index (χ2n) is 9.15. The molecule has 0 bridgehead atoms. The lowest BCUT2D eigenvalue weighted by molar-refractivity contribution is -0.0781. The highest BCUT2D eigenvalue weighted by molar-refractivity contribution is 5.33. The van der Waals surface area contributed by atoms with Crippen LogP contribution in [0.2, 0.25) is 0 Å². The van der Waals surface area contributed by atoms with Gasteiger partial charge in [0.2, 0.25) is 0 Å². The Balaban J connectivity index is 0.00000151. The van der Waals surface area contributed by atoms with E-state index < -0.39 is 11.7 Å². The molecule has 31 heavy (non-hydrogen) atoms. The molecule has 2 aliphatic rings. The molecule has 0 aromatic rings. The van der Waals surface area contributed by atoms with Crippen molar-refractivity contribution in [3.63, 3.8) is 0 Å². The van der Waals surface area contributed by atoms with Crippen molar-refractivity contribution in [1.82, 2.24) is 0 Å². The predicted molar refractivity (Wildman–Crippen MR) is 124 cm³/mol. The molecule has 182 valence electrons. The standard InChI is InChI=1S/C23H38F2O3.C3H8/c1-5-6-7-18-10-11-19(28-14-18)15-27-17(3)9-8-16(2)20-12-13-21(26-4)23(25)22(20)24;1-3-2/h16-19H,5-15H2,1-4H3;3H2,1-2H3. The maximum Gasteiger partial charge on any atom is 0.196 e. The molecule has 0 N–H and O–H groups in total. The first-order valence-corrected chi connectivity index (χ1v) is 12.4. The summed E-state index contributed by atoms with van der Waals surface area (Å²) in [5.41, 5.74) is 0.569. The van der Waals surface area contributed by atoms with Crippen LogP contribution in [0.1, 0.15) is 98.8 Å². The topological polar surface area (TPSA) is 27.7 Å². The van der Waals surface area contributed by atoms with E-state index in [1.54, 1.807) is 0 Å². The van der Waals surface area contributed by atoms with Gasteiger partial charge < -0.3 is 14.2 Å². The average molecular weight is 445 g/mol. The van der Waals surface area contributed by atoms with Gasteiger partial charge in [-0.2, -0.15) is 0 Å². The molecular formula is C26H46F2O3. The summed E-state index contributed by atoms with van der Waals surface area (Å²) in [6, 6.07) is 0.